The number of amides is 1. The molecule has 1 N–H and O–H groups in total. The molecule has 0 aliphatic carbocycles. The molecule has 0 spiro atoms. The van der Waals surface area contributed by atoms with Crippen molar-refractivity contribution in [2.45, 2.75) is 45.3 Å². The van der Waals surface area contributed by atoms with Gasteiger partial charge in [0.2, 0.25) is 0 Å². The molecule has 6 nitrogen and oxygen atoms in total. The zero-order chi connectivity index (χ0) is 18.9. The Hall–Kier alpha value is -2.51. The van der Waals surface area contributed by atoms with Crippen LogP contribution >= 0.6 is 0 Å². The summed E-state index contributed by atoms with van der Waals surface area (Å²) >= 11 is 0. The standard InChI is InChI=1S/C18H22F2N4O2/c1-18(2,3)26-17(25)24-6-4-5-11(24)9-22-16-10-21-14-7-12(19)13(20)8-15(14)23-16/h7-8,10-11H,4-6,9H2,1-3H3,(H,22,23). The van der Waals surface area contributed by atoms with E-state index in [1.165, 1.54) is 6.20 Å². The van der Waals surface area contributed by atoms with E-state index >= 15 is 0 Å². The summed E-state index contributed by atoms with van der Waals surface area (Å²) < 4.78 is 32.0. The third-order valence-electron chi connectivity index (χ3n) is 4.11. The van der Waals surface area contributed by atoms with E-state index in [-0.39, 0.29) is 23.2 Å². The monoisotopic (exact) mass is 364 g/mol. The molecule has 0 radical (unpaired) electrons. The van der Waals surface area contributed by atoms with Gasteiger partial charge in [0.25, 0.3) is 0 Å². The summed E-state index contributed by atoms with van der Waals surface area (Å²) in [6, 6.07) is 2.01. The van der Waals surface area contributed by atoms with Gasteiger partial charge in [-0.05, 0) is 33.6 Å². The smallest absolute Gasteiger partial charge is 0.410 e. The van der Waals surface area contributed by atoms with Gasteiger partial charge in [0.1, 0.15) is 11.4 Å². The van der Waals surface area contributed by atoms with Gasteiger partial charge in [-0.25, -0.2) is 18.6 Å². The maximum atomic E-state index is 13.4. The Kier molecular flexibility index (Phi) is 4.93. The van der Waals surface area contributed by atoms with Crippen molar-refractivity contribution >= 4 is 22.9 Å². The van der Waals surface area contributed by atoms with E-state index in [1.54, 1.807) is 4.90 Å². The van der Waals surface area contributed by atoms with Crippen LogP contribution in [0.5, 0.6) is 0 Å². The fourth-order valence-corrected chi connectivity index (χ4v) is 2.92. The highest BCUT2D eigenvalue weighted by Crippen LogP contribution is 2.22. The predicted molar refractivity (Wildman–Crippen MR) is 93.9 cm³/mol. The molecule has 3 rings (SSSR count). The molecule has 1 amide bonds. The molecule has 0 bridgehead atoms. The molecule has 8 heteroatoms. The summed E-state index contributed by atoms with van der Waals surface area (Å²) in [5, 5.41) is 3.12. The van der Waals surface area contributed by atoms with Crippen LogP contribution in [0.25, 0.3) is 11.0 Å². The Labute approximate surface area is 150 Å². The minimum Gasteiger partial charge on any atom is -0.444 e. The first kappa shape index (κ1) is 18.3. The number of halogens is 2. The molecule has 1 atom stereocenters. The topological polar surface area (TPSA) is 67.3 Å². The van der Waals surface area contributed by atoms with Crippen LogP contribution in [0.3, 0.4) is 0 Å². The number of anilines is 1. The largest absolute Gasteiger partial charge is 0.444 e. The molecule has 2 aromatic rings. The SMILES string of the molecule is CC(C)(C)OC(=O)N1CCCC1CNc1cnc2cc(F)c(F)cc2n1. The molecule has 1 fully saturated rings. The van der Waals surface area contributed by atoms with Gasteiger partial charge in [0.15, 0.2) is 11.6 Å². The van der Waals surface area contributed by atoms with Crippen molar-refractivity contribution in [3.8, 4) is 0 Å². The van der Waals surface area contributed by atoms with Crippen LogP contribution in [0.2, 0.25) is 0 Å². The molecule has 1 aliphatic rings. The first-order valence-electron chi connectivity index (χ1n) is 8.58. The molecule has 0 saturated carbocycles. The average Bonchev–Trinajstić information content (AvgIpc) is 3.01. The van der Waals surface area contributed by atoms with Crippen molar-refractivity contribution in [2.24, 2.45) is 0 Å². The zero-order valence-corrected chi connectivity index (χ0v) is 15.1. The normalized spacial score (nSPS) is 17.6. The molecule has 1 aromatic heterocycles. The van der Waals surface area contributed by atoms with Crippen molar-refractivity contribution in [2.75, 3.05) is 18.4 Å². The summed E-state index contributed by atoms with van der Waals surface area (Å²) in [7, 11) is 0. The van der Waals surface area contributed by atoms with Crippen LogP contribution in [-0.2, 0) is 4.74 Å². The molecule has 1 unspecified atom stereocenters. The van der Waals surface area contributed by atoms with Gasteiger partial charge in [0.05, 0.1) is 23.3 Å². The molecular weight excluding hydrogens is 342 g/mol. The Bertz CT molecular complexity index is 823. The number of ether oxygens (including phenoxy) is 1. The van der Waals surface area contributed by atoms with Crippen LogP contribution in [0.4, 0.5) is 19.4 Å². The fourth-order valence-electron chi connectivity index (χ4n) is 2.92. The third kappa shape index (κ3) is 4.17. The highest BCUT2D eigenvalue weighted by molar-refractivity contribution is 5.75. The van der Waals surface area contributed by atoms with Gasteiger partial charge in [-0.2, -0.15) is 0 Å². The van der Waals surface area contributed by atoms with Gasteiger partial charge in [-0.3, -0.25) is 4.98 Å². The van der Waals surface area contributed by atoms with Crippen molar-refractivity contribution in [3.63, 3.8) is 0 Å². The second-order valence-electron chi connectivity index (χ2n) is 7.36. The number of nitrogens with zero attached hydrogens (tertiary/aromatic N) is 3. The summed E-state index contributed by atoms with van der Waals surface area (Å²) in [6.45, 7) is 6.63. The summed E-state index contributed by atoms with van der Waals surface area (Å²) in [5.41, 5.74) is 0.0101. The van der Waals surface area contributed by atoms with E-state index in [2.05, 4.69) is 15.3 Å². The number of rotatable bonds is 3. The predicted octanol–water partition coefficient (Wildman–Crippen LogP) is 3.72. The van der Waals surface area contributed by atoms with E-state index in [4.69, 9.17) is 4.74 Å². The third-order valence-corrected chi connectivity index (χ3v) is 4.11. The second kappa shape index (κ2) is 7.01. The van der Waals surface area contributed by atoms with Crippen LogP contribution in [0, 0.1) is 11.6 Å². The number of aromatic nitrogens is 2. The Morgan fingerprint density at radius 3 is 2.69 bits per heavy atom. The number of nitrogens with one attached hydrogen (secondary N) is 1. The van der Waals surface area contributed by atoms with Crippen molar-refractivity contribution in [3.05, 3.63) is 30.0 Å². The summed E-state index contributed by atoms with van der Waals surface area (Å²) in [5.74, 6) is -1.47. The number of carbonyl (C=O) groups is 1. The fraction of sp³-hybridized carbons (Fsp3) is 0.500. The lowest BCUT2D eigenvalue weighted by Crippen LogP contribution is -2.42. The lowest BCUT2D eigenvalue weighted by atomic mass is 10.2. The molecule has 1 saturated heterocycles. The number of carbonyl (C=O) groups excluding carboxylic acids is 1. The van der Waals surface area contributed by atoms with Gasteiger partial charge in [-0.15, -0.1) is 0 Å². The van der Waals surface area contributed by atoms with Crippen molar-refractivity contribution in [1.29, 1.82) is 0 Å². The average molecular weight is 364 g/mol. The Balaban J connectivity index is 1.67. The first-order chi connectivity index (χ1) is 12.2. The molecular formula is C18H22F2N4O2. The van der Waals surface area contributed by atoms with Gasteiger partial charge in [-0.1, -0.05) is 0 Å². The molecule has 26 heavy (non-hydrogen) atoms. The van der Waals surface area contributed by atoms with E-state index in [1.807, 2.05) is 20.8 Å². The summed E-state index contributed by atoms with van der Waals surface area (Å²) in [6.07, 6.45) is 2.89. The van der Waals surface area contributed by atoms with Crippen LogP contribution in [-0.4, -0.2) is 45.7 Å². The molecule has 2 heterocycles. The maximum absolute atomic E-state index is 13.4. The molecule has 1 aliphatic heterocycles. The van der Waals surface area contributed by atoms with Gasteiger partial charge >= 0.3 is 6.09 Å². The Morgan fingerprint density at radius 2 is 2.00 bits per heavy atom. The van der Waals surface area contributed by atoms with E-state index in [0.29, 0.717) is 18.9 Å². The zero-order valence-electron chi connectivity index (χ0n) is 15.1. The lowest BCUT2D eigenvalue weighted by Gasteiger charge is -2.28. The van der Waals surface area contributed by atoms with Crippen molar-refractivity contribution < 1.29 is 18.3 Å². The lowest BCUT2D eigenvalue weighted by molar-refractivity contribution is 0.0235. The number of hydrogen-bond acceptors (Lipinski definition) is 5. The number of hydrogen-bond donors (Lipinski definition) is 1. The minimum atomic E-state index is -0.962. The van der Waals surface area contributed by atoms with Crippen LogP contribution in [0.15, 0.2) is 18.3 Å². The highest BCUT2D eigenvalue weighted by Gasteiger charge is 2.32. The maximum Gasteiger partial charge on any atom is 0.410 e. The number of likely N-dealkylation sites (tertiary alicyclic amines) is 1. The van der Waals surface area contributed by atoms with Gasteiger partial charge < -0.3 is 15.0 Å². The van der Waals surface area contributed by atoms with E-state index in [9.17, 15) is 13.6 Å². The first-order valence-corrected chi connectivity index (χ1v) is 8.58. The number of benzene rings is 1. The Morgan fingerprint density at radius 1 is 1.31 bits per heavy atom. The quantitative estimate of drug-likeness (QED) is 0.899. The van der Waals surface area contributed by atoms with Crippen LogP contribution < -0.4 is 5.32 Å². The molecule has 140 valence electrons. The summed E-state index contributed by atoms with van der Waals surface area (Å²) in [4.78, 5) is 22.4. The minimum absolute atomic E-state index is 0.0210. The van der Waals surface area contributed by atoms with Crippen molar-refractivity contribution in [1.82, 2.24) is 14.9 Å². The van der Waals surface area contributed by atoms with Gasteiger partial charge in [0, 0.05) is 25.2 Å². The van der Waals surface area contributed by atoms with E-state index < -0.39 is 17.2 Å². The second-order valence-corrected chi connectivity index (χ2v) is 7.36. The van der Waals surface area contributed by atoms with E-state index in [0.717, 1.165) is 25.0 Å². The molecule has 1 aromatic carbocycles. The highest BCUT2D eigenvalue weighted by atomic mass is 19.2. The van der Waals surface area contributed by atoms with Crippen LogP contribution in [0.1, 0.15) is 33.6 Å². The number of fused-ring (bicyclic) bond motifs is 1.